The Morgan fingerprint density at radius 1 is 0.932 bits per heavy atom. The van der Waals surface area contributed by atoms with E-state index in [2.05, 4.69) is 53.2 Å². The summed E-state index contributed by atoms with van der Waals surface area (Å²) in [5.41, 5.74) is 5.92. The molecule has 3 aliphatic heterocycles. The molecule has 0 saturated carbocycles. The average molecular weight is 823 g/mol. The number of hydrogen-bond donors (Lipinski definition) is 4. The maximum atomic E-state index is 13.5. The largest absolute Gasteiger partial charge is 0.494 e. The zero-order valence-electron chi connectivity index (χ0n) is 33.9. The van der Waals surface area contributed by atoms with Gasteiger partial charge < -0.3 is 35.4 Å². The molecule has 4 amide bonds. The number of rotatable bonds is 12. The molecule has 0 bridgehead atoms. The Labute approximate surface area is 349 Å². The molecule has 3 saturated heterocycles. The third-order valence-electron chi connectivity index (χ3n) is 11.2. The fraction of sp³-hybridized carbons (Fsp3) is 0.395. The van der Waals surface area contributed by atoms with Gasteiger partial charge in [-0.25, -0.2) is 4.98 Å². The molecule has 1 atom stereocenters. The molecule has 7 rings (SSSR count). The van der Waals surface area contributed by atoms with Crippen molar-refractivity contribution in [3.63, 3.8) is 0 Å². The number of piperidine rings is 2. The second-order valence-electron chi connectivity index (χ2n) is 15.4. The number of imide groups is 1. The molecular formula is C43H51ClN10O5. The summed E-state index contributed by atoms with van der Waals surface area (Å²) >= 11 is 6.49. The molecule has 3 aromatic carbocycles. The number of piperazine rings is 1. The fourth-order valence-corrected chi connectivity index (χ4v) is 8.00. The van der Waals surface area contributed by atoms with E-state index < -0.39 is 6.04 Å². The number of aromatic nitrogens is 2. The number of carbonyl (C=O) groups excluding carboxylic acids is 4. The SMILES string of the molecule is COc1cc(N2CCN(C(=O)CN3CCC(c4ccc(NC5CCC(=O)NC5=O)cc4)CC3)CC2)c(C)cc1Nc1ncc(Cl)c(Nc2ccccc2C(=O)N(C)C)n1. The second-order valence-corrected chi connectivity index (χ2v) is 15.8. The molecule has 4 heterocycles. The highest BCUT2D eigenvalue weighted by Gasteiger charge is 2.29. The van der Waals surface area contributed by atoms with Crippen LogP contribution < -0.4 is 30.9 Å². The van der Waals surface area contributed by atoms with Gasteiger partial charge in [0.05, 0.1) is 36.8 Å². The number of aryl methyl sites for hydroxylation is 1. The van der Waals surface area contributed by atoms with Gasteiger partial charge in [0.25, 0.3) is 5.91 Å². The molecule has 1 aromatic heterocycles. The van der Waals surface area contributed by atoms with E-state index >= 15 is 0 Å². The van der Waals surface area contributed by atoms with E-state index in [1.165, 1.54) is 16.7 Å². The number of para-hydroxylation sites is 1. The van der Waals surface area contributed by atoms with Gasteiger partial charge in [0.1, 0.15) is 16.8 Å². The predicted octanol–water partition coefficient (Wildman–Crippen LogP) is 5.38. The first-order valence-electron chi connectivity index (χ1n) is 20.0. The Morgan fingerprint density at radius 2 is 1.66 bits per heavy atom. The van der Waals surface area contributed by atoms with Gasteiger partial charge in [-0.15, -0.1) is 0 Å². The summed E-state index contributed by atoms with van der Waals surface area (Å²) in [4.78, 5) is 66.8. The monoisotopic (exact) mass is 822 g/mol. The highest BCUT2D eigenvalue weighted by Crippen LogP contribution is 2.36. The van der Waals surface area contributed by atoms with E-state index in [-0.39, 0.29) is 23.6 Å². The summed E-state index contributed by atoms with van der Waals surface area (Å²) in [5.74, 6) is 1.18. The van der Waals surface area contributed by atoms with Gasteiger partial charge in [-0.2, -0.15) is 4.98 Å². The van der Waals surface area contributed by atoms with Crippen molar-refractivity contribution in [3.05, 3.63) is 88.6 Å². The molecule has 59 heavy (non-hydrogen) atoms. The first-order chi connectivity index (χ1) is 28.4. The Kier molecular flexibility index (Phi) is 12.8. The van der Waals surface area contributed by atoms with Crippen molar-refractivity contribution in [3.8, 4) is 5.75 Å². The van der Waals surface area contributed by atoms with Crippen LogP contribution in [0.4, 0.5) is 34.5 Å². The maximum Gasteiger partial charge on any atom is 0.255 e. The molecule has 3 aliphatic rings. The van der Waals surface area contributed by atoms with Crippen LogP contribution in [0.25, 0.3) is 0 Å². The number of nitrogens with zero attached hydrogens (tertiary/aromatic N) is 6. The number of carbonyl (C=O) groups is 4. The number of halogens is 1. The van der Waals surface area contributed by atoms with E-state index in [4.69, 9.17) is 16.3 Å². The third-order valence-corrected chi connectivity index (χ3v) is 11.5. The van der Waals surface area contributed by atoms with Crippen LogP contribution in [0.2, 0.25) is 5.02 Å². The smallest absolute Gasteiger partial charge is 0.255 e. The molecule has 4 aromatic rings. The lowest BCUT2D eigenvalue weighted by Gasteiger charge is -2.38. The van der Waals surface area contributed by atoms with Gasteiger partial charge in [-0.05, 0) is 86.7 Å². The summed E-state index contributed by atoms with van der Waals surface area (Å²) in [6, 6.07) is 19.0. The minimum absolute atomic E-state index is 0.151. The fourth-order valence-electron chi connectivity index (χ4n) is 7.86. The zero-order valence-corrected chi connectivity index (χ0v) is 34.6. The Hall–Kier alpha value is -5.93. The van der Waals surface area contributed by atoms with Crippen LogP contribution in [0.1, 0.15) is 53.1 Å². The van der Waals surface area contributed by atoms with Crippen molar-refractivity contribution < 1.29 is 23.9 Å². The molecule has 4 N–H and O–H groups in total. The Morgan fingerprint density at radius 3 is 2.36 bits per heavy atom. The van der Waals surface area contributed by atoms with E-state index in [1.54, 1.807) is 39.4 Å². The van der Waals surface area contributed by atoms with Gasteiger partial charge in [0.15, 0.2) is 5.82 Å². The topological polar surface area (TPSA) is 164 Å². The van der Waals surface area contributed by atoms with Gasteiger partial charge in [-0.1, -0.05) is 35.9 Å². The first kappa shape index (κ1) is 41.2. The minimum atomic E-state index is -0.403. The van der Waals surface area contributed by atoms with Crippen LogP contribution in [0, 0.1) is 6.92 Å². The molecule has 1 unspecified atom stereocenters. The van der Waals surface area contributed by atoms with Crippen molar-refractivity contribution in [1.29, 1.82) is 0 Å². The van der Waals surface area contributed by atoms with E-state index in [9.17, 15) is 19.2 Å². The van der Waals surface area contributed by atoms with Crippen LogP contribution in [-0.4, -0.2) is 121 Å². The quantitative estimate of drug-likeness (QED) is 0.135. The molecule has 0 aliphatic carbocycles. The number of likely N-dealkylation sites (tertiary alicyclic amines) is 1. The predicted molar refractivity (Wildman–Crippen MR) is 229 cm³/mol. The van der Waals surface area contributed by atoms with Crippen molar-refractivity contribution in [1.82, 2.24) is 30.0 Å². The number of hydrogen-bond acceptors (Lipinski definition) is 12. The maximum absolute atomic E-state index is 13.5. The molecule has 0 radical (unpaired) electrons. The lowest BCUT2D eigenvalue weighted by Crippen LogP contribution is -2.52. The van der Waals surface area contributed by atoms with Gasteiger partial charge in [-0.3, -0.25) is 29.4 Å². The Bertz CT molecular complexity index is 2190. The molecule has 16 heteroatoms. The molecular weight excluding hydrogens is 772 g/mol. The van der Waals surface area contributed by atoms with Crippen LogP contribution in [0.3, 0.4) is 0 Å². The van der Waals surface area contributed by atoms with Crippen LogP contribution in [0.15, 0.2) is 66.9 Å². The Balaban J connectivity index is 0.899. The third kappa shape index (κ3) is 9.86. The lowest BCUT2D eigenvalue weighted by atomic mass is 9.89. The standard InChI is InChI=1S/C43H51ClN10O5/c1-27-23-35(48-43-45-25-32(44)40(50-43)47-33-8-6-5-7-31(33)42(58)51(2)3)37(59-4)24-36(27)53-19-21-54(22-20-53)39(56)26-52-17-15-29(16-18-52)28-9-11-30(12-10-28)46-34-13-14-38(55)49-41(34)57/h5-12,23-25,29,34,46H,13-22,26H2,1-4H3,(H,49,55,57)(H2,45,47,48,50). The van der Waals surface area contributed by atoms with E-state index in [0.717, 1.165) is 42.9 Å². The van der Waals surface area contributed by atoms with Gasteiger partial charge in [0, 0.05) is 64.1 Å². The minimum Gasteiger partial charge on any atom is -0.494 e. The zero-order chi connectivity index (χ0) is 41.6. The van der Waals surface area contributed by atoms with Crippen LogP contribution >= 0.6 is 11.6 Å². The van der Waals surface area contributed by atoms with Crippen molar-refractivity contribution >= 4 is 69.7 Å². The number of benzene rings is 3. The number of methoxy groups -OCH3 is 1. The molecule has 0 spiro atoms. The summed E-state index contributed by atoms with van der Waals surface area (Å²) in [7, 11) is 5.02. The summed E-state index contributed by atoms with van der Waals surface area (Å²) in [6.07, 6.45) is 4.28. The average Bonchev–Trinajstić information content (AvgIpc) is 3.23. The van der Waals surface area contributed by atoms with Crippen LogP contribution in [0.5, 0.6) is 5.75 Å². The number of anilines is 6. The number of ether oxygens (including phenoxy) is 1. The summed E-state index contributed by atoms with van der Waals surface area (Å²) in [5, 5.41) is 12.4. The van der Waals surface area contributed by atoms with Gasteiger partial charge in [0.2, 0.25) is 23.7 Å². The molecule has 15 nitrogen and oxygen atoms in total. The van der Waals surface area contributed by atoms with E-state index in [1.807, 2.05) is 42.2 Å². The number of amides is 4. The lowest BCUT2D eigenvalue weighted by molar-refractivity contribution is -0.134. The normalized spacial score (nSPS) is 17.6. The first-order valence-corrected chi connectivity index (χ1v) is 20.3. The molecule has 3 fully saturated rings. The van der Waals surface area contributed by atoms with Crippen molar-refractivity contribution in [2.45, 2.75) is 44.6 Å². The second kappa shape index (κ2) is 18.3. The highest BCUT2D eigenvalue weighted by molar-refractivity contribution is 6.33. The summed E-state index contributed by atoms with van der Waals surface area (Å²) in [6.45, 7) is 6.84. The van der Waals surface area contributed by atoms with Gasteiger partial charge >= 0.3 is 0 Å². The number of nitrogens with one attached hydrogen (secondary N) is 4. The highest BCUT2D eigenvalue weighted by atomic mass is 35.5. The van der Waals surface area contributed by atoms with Crippen LogP contribution in [-0.2, 0) is 14.4 Å². The van der Waals surface area contributed by atoms with E-state index in [0.29, 0.717) is 91.0 Å². The summed E-state index contributed by atoms with van der Waals surface area (Å²) < 4.78 is 5.81. The van der Waals surface area contributed by atoms with Crippen molar-refractivity contribution in [2.75, 3.05) is 87.9 Å². The molecule has 310 valence electrons. The van der Waals surface area contributed by atoms with Crippen molar-refractivity contribution in [2.24, 2.45) is 0 Å².